The Morgan fingerprint density at radius 2 is 1.88 bits per heavy atom. The lowest BCUT2D eigenvalue weighted by molar-refractivity contribution is -0.151. The molecule has 9 heteroatoms. The molecule has 7 nitrogen and oxygen atoms in total. The van der Waals surface area contributed by atoms with Crippen molar-refractivity contribution in [1.82, 2.24) is 9.88 Å². The lowest BCUT2D eigenvalue weighted by atomic mass is 9.97. The number of halogens is 1. The van der Waals surface area contributed by atoms with E-state index >= 15 is 0 Å². The number of rotatable bonds is 6. The van der Waals surface area contributed by atoms with Gasteiger partial charge >= 0.3 is 11.9 Å². The van der Waals surface area contributed by atoms with Gasteiger partial charge in [0.25, 0.3) is 5.91 Å². The molecule has 4 rings (SSSR count). The first-order chi connectivity index (χ1) is 16.0. The number of fused-ring (bicyclic) bond motifs is 1. The van der Waals surface area contributed by atoms with E-state index in [0.717, 1.165) is 4.88 Å². The molecule has 0 spiro atoms. The summed E-state index contributed by atoms with van der Waals surface area (Å²) in [5, 5.41) is 0.650. The molecular weight excluding hydrogens is 464 g/mol. The standard InChI is InChI=1S/C24H23ClN2O5S/c1-2-31-23(29)15-9-11-27(12-10-15)22(28)14-32-24(30)17-13-19(20-7-8-21(25)33-20)26-18-6-4-3-5-16(17)18/h3-8,13,15H,2,9-12,14H2,1H3. The third-order valence-corrected chi connectivity index (χ3v) is 6.81. The van der Waals surface area contributed by atoms with Gasteiger partial charge in [-0.15, -0.1) is 11.3 Å². The van der Waals surface area contributed by atoms with E-state index in [2.05, 4.69) is 4.98 Å². The van der Waals surface area contributed by atoms with Crippen molar-refractivity contribution in [1.29, 1.82) is 0 Å². The van der Waals surface area contributed by atoms with Crippen molar-refractivity contribution in [3.63, 3.8) is 0 Å². The predicted octanol–water partition coefficient (Wildman–Crippen LogP) is 4.58. The quantitative estimate of drug-likeness (QED) is 0.474. The van der Waals surface area contributed by atoms with Crippen molar-refractivity contribution in [2.24, 2.45) is 5.92 Å². The number of aromatic nitrogens is 1. The van der Waals surface area contributed by atoms with Gasteiger partial charge in [0.05, 0.1) is 38.5 Å². The van der Waals surface area contributed by atoms with E-state index in [9.17, 15) is 14.4 Å². The van der Waals surface area contributed by atoms with Gasteiger partial charge in [0.2, 0.25) is 0 Å². The summed E-state index contributed by atoms with van der Waals surface area (Å²) in [6, 6.07) is 12.6. The summed E-state index contributed by atoms with van der Waals surface area (Å²) in [6.45, 7) is 2.62. The largest absolute Gasteiger partial charge is 0.466 e. The smallest absolute Gasteiger partial charge is 0.339 e. The molecule has 0 radical (unpaired) electrons. The van der Waals surface area contributed by atoms with Crippen LogP contribution in [0.25, 0.3) is 21.5 Å². The number of ether oxygens (including phenoxy) is 2. The highest BCUT2D eigenvalue weighted by atomic mass is 35.5. The van der Waals surface area contributed by atoms with Gasteiger partial charge in [0, 0.05) is 18.5 Å². The van der Waals surface area contributed by atoms with Crippen LogP contribution in [-0.2, 0) is 19.1 Å². The highest BCUT2D eigenvalue weighted by Gasteiger charge is 2.28. The molecule has 1 aliphatic heterocycles. The van der Waals surface area contributed by atoms with Crippen LogP contribution in [0, 0.1) is 5.92 Å². The summed E-state index contributed by atoms with van der Waals surface area (Å²) in [4.78, 5) is 44.5. The maximum atomic E-state index is 12.9. The first-order valence-electron chi connectivity index (χ1n) is 10.7. The number of hydrogen-bond donors (Lipinski definition) is 0. The SMILES string of the molecule is CCOC(=O)C1CCN(C(=O)COC(=O)c2cc(-c3ccc(Cl)s3)nc3ccccc23)CC1. The minimum atomic E-state index is -0.590. The number of benzene rings is 1. The van der Waals surface area contributed by atoms with Crippen LogP contribution in [0.15, 0.2) is 42.5 Å². The summed E-state index contributed by atoms with van der Waals surface area (Å²) < 4.78 is 11.1. The summed E-state index contributed by atoms with van der Waals surface area (Å²) in [5.74, 6) is -1.28. The molecule has 1 amide bonds. The van der Waals surface area contributed by atoms with Crippen molar-refractivity contribution >= 4 is 51.7 Å². The van der Waals surface area contributed by atoms with Crippen LogP contribution in [0.4, 0.5) is 0 Å². The average molecular weight is 487 g/mol. The van der Waals surface area contributed by atoms with E-state index in [-0.39, 0.29) is 24.4 Å². The van der Waals surface area contributed by atoms with Gasteiger partial charge in [-0.2, -0.15) is 0 Å². The van der Waals surface area contributed by atoms with Crippen molar-refractivity contribution in [2.45, 2.75) is 19.8 Å². The van der Waals surface area contributed by atoms with Crippen LogP contribution in [0.1, 0.15) is 30.1 Å². The number of para-hydroxylation sites is 1. The van der Waals surface area contributed by atoms with Crippen LogP contribution in [0.3, 0.4) is 0 Å². The molecule has 1 aliphatic rings. The van der Waals surface area contributed by atoms with Crippen LogP contribution in [-0.4, -0.2) is 54.0 Å². The lowest BCUT2D eigenvalue weighted by Crippen LogP contribution is -2.42. The Labute approximate surface area is 200 Å². The topological polar surface area (TPSA) is 85.8 Å². The number of carbonyl (C=O) groups is 3. The van der Waals surface area contributed by atoms with Gasteiger partial charge in [-0.05, 0) is 44.0 Å². The Kier molecular flexibility index (Phi) is 7.25. The molecular formula is C24H23ClN2O5S. The summed E-state index contributed by atoms with van der Waals surface area (Å²) in [7, 11) is 0. The average Bonchev–Trinajstić information content (AvgIpc) is 3.28. The molecule has 0 atom stereocenters. The minimum absolute atomic E-state index is 0.191. The predicted molar refractivity (Wildman–Crippen MR) is 126 cm³/mol. The van der Waals surface area contributed by atoms with Crippen molar-refractivity contribution < 1.29 is 23.9 Å². The number of pyridine rings is 1. The van der Waals surface area contributed by atoms with E-state index in [1.807, 2.05) is 24.3 Å². The number of nitrogens with zero attached hydrogens (tertiary/aromatic N) is 2. The van der Waals surface area contributed by atoms with E-state index in [0.29, 0.717) is 59.0 Å². The molecule has 1 saturated heterocycles. The number of amides is 1. The lowest BCUT2D eigenvalue weighted by Gasteiger charge is -2.30. The van der Waals surface area contributed by atoms with Crippen molar-refractivity contribution in [3.8, 4) is 10.6 Å². The maximum Gasteiger partial charge on any atom is 0.339 e. The second kappa shape index (κ2) is 10.3. The molecule has 172 valence electrons. The first kappa shape index (κ1) is 23.2. The molecule has 33 heavy (non-hydrogen) atoms. The molecule has 0 saturated carbocycles. The second-order valence-corrected chi connectivity index (χ2v) is 9.37. The fourth-order valence-corrected chi connectivity index (χ4v) is 4.85. The summed E-state index contributed by atoms with van der Waals surface area (Å²) in [5.41, 5.74) is 1.61. The fourth-order valence-electron chi connectivity index (χ4n) is 3.84. The second-order valence-electron chi connectivity index (χ2n) is 7.66. The number of hydrogen-bond acceptors (Lipinski definition) is 7. The Morgan fingerprint density at radius 1 is 1.12 bits per heavy atom. The minimum Gasteiger partial charge on any atom is -0.466 e. The van der Waals surface area contributed by atoms with Crippen molar-refractivity contribution in [3.05, 3.63) is 52.4 Å². The molecule has 3 heterocycles. The third-order valence-electron chi connectivity index (χ3n) is 5.56. The van der Waals surface area contributed by atoms with Gasteiger partial charge in [0.1, 0.15) is 0 Å². The molecule has 0 N–H and O–H groups in total. The number of piperidine rings is 1. The van der Waals surface area contributed by atoms with Gasteiger partial charge in [-0.3, -0.25) is 9.59 Å². The fraction of sp³-hybridized carbons (Fsp3) is 0.333. The van der Waals surface area contributed by atoms with Crippen LogP contribution in [0.2, 0.25) is 4.34 Å². The van der Waals surface area contributed by atoms with E-state index in [1.54, 1.807) is 30.0 Å². The van der Waals surface area contributed by atoms with E-state index < -0.39 is 5.97 Å². The van der Waals surface area contributed by atoms with Gasteiger partial charge in [-0.1, -0.05) is 29.8 Å². The summed E-state index contributed by atoms with van der Waals surface area (Å²) >= 11 is 7.43. The van der Waals surface area contributed by atoms with E-state index in [4.69, 9.17) is 21.1 Å². The van der Waals surface area contributed by atoms with Crippen LogP contribution in [0.5, 0.6) is 0 Å². The Bertz CT molecular complexity index is 1190. The molecule has 0 bridgehead atoms. The number of carbonyl (C=O) groups excluding carboxylic acids is 3. The highest BCUT2D eigenvalue weighted by Crippen LogP contribution is 2.32. The molecule has 2 aromatic heterocycles. The zero-order valence-electron chi connectivity index (χ0n) is 18.1. The molecule has 1 aromatic carbocycles. The number of thiophene rings is 1. The molecule has 0 aliphatic carbocycles. The van der Waals surface area contributed by atoms with Crippen LogP contribution < -0.4 is 0 Å². The van der Waals surface area contributed by atoms with Crippen LogP contribution >= 0.6 is 22.9 Å². The Balaban J connectivity index is 1.44. The molecule has 0 unspecified atom stereocenters. The molecule has 1 fully saturated rings. The van der Waals surface area contributed by atoms with Crippen molar-refractivity contribution in [2.75, 3.05) is 26.3 Å². The first-order valence-corrected chi connectivity index (χ1v) is 11.9. The normalized spacial score (nSPS) is 14.3. The third kappa shape index (κ3) is 5.34. The highest BCUT2D eigenvalue weighted by molar-refractivity contribution is 7.19. The zero-order chi connectivity index (χ0) is 23.4. The number of esters is 2. The summed E-state index contributed by atoms with van der Waals surface area (Å²) in [6.07, 6.45) is 1.08. The monoisotopic (exact) mass is 486 g/mol. The van der Waals surface area contributed by atoms with E-state index in [1.165, 1.54) is 11.3 Å². The van der Waals surface area contributed by atoms with Gasteiger partial charge in [0.15, 0.2) is 6.61 Å². The van der Waals surface area contributed by atoms with Gasteiger partial charge in [-0.25, -0.2) is 9.78 Å². The Morgan fingerprint density at radius 3 is 2.58 bits per heavy atom. The number of likely N-dealkylation sites (tertiary alicyclic amines) is 1. The molecule has 3 aromatic rings. The maximum absolute atomic E-state index is 12.9. The van der Waals surface area contributed by atoms with Gasteiger partial charge < -0.3 is 14.4 Å². The Hall–Kier alpha value is -2.97. The zero-order valence-corrected chi connectivity index (χ0v) is 19.7.